The van der Waals surface area contributed by atoms with E-state index in [0.717, 1.165) is 17.0 Å². The number of ether oxygens (including phenoxy) is 1. The van der Waals surface area contributed by atoms with Crippen molar-refractivity contribution >= 4 is 11.6 Å². The van der Waals surface area contributed by atoms with Crippen LogP contribution in [0.2, 0.25) is 0 Å². The molecule has 2 aromatic rings. The molecular weight excluding hydrogens is 264 g/mol. The second kappa shape index (κ2) is 5.97. The van der Waals surface area contributed by atoms with E-state index in [0.29, 0.717) is 19.6 Å². The van der Waals surface area contributed by atoms with Crippen molar-refractivity contribution in [2.45, 2.75) is 19.1 Å². The lowest BCUT2D eigenvalue weighted by Crippen LogP contribution is -2.33. The van der Waals surface area contributed by atoms with Crippen LogP contribution in [0.4, 0.5) is 5.69 Å². The van der Waals surface area contributed by atoms with Gasteiger partial charge in [-0.3, -0.25) is 4.79 Å². The van der Waals surface area contributed by atoms with Crippen LogP contribution in [-0.4, -0.2) is 18.5 Å². The maximum atomic E-state index is 12.0. The van der Waals surface area contributed by atoms with E-state index in [1.54, 1.807) is 4.90 Å². The number of nitrogens with zero attached hydrogens (tertiary/aromatic N) is 1. The summed E-state index contributed by atoms with van der Waals surface area (Å²) >= 11 is 0. The molecule has 4 heteroatoms. The summed E-state index contributed by atoms with van der Waals surface area (Å²) in [6, 6.07) is 17.2. The molecule has 1 fully saturated rings. The largest absolute Gasteiger partial charge is 0.489 e. The SMILES string of the molecule is N[C@@H]1CCN(c2cccc(OCc3ccccc3)c2)C1=O. The third kappa shape index (κ3) is 3.06. The summed E-state index contributed by atoms with van der Waals surface area (Å²) in [7, 11) is 0. The zero-order valence-corrected chi connectivity index (χ0v) is 11.7. The summed E-state index contributed by atoms with van der Waals surface area (Å²) in [5.41, 5.74) is 7.72. The molecule has 0 aromatic heterocycles. The Bertz CT molecular complexity index is 628. The third-order valence-corrected chi connectivity index (χ3v) is 3.62. The molecule has 3 rings (SSSR count). The first kappa shape index (κ1) is 13.6. The maximum absolute atomic E-state index is 12.0. The van der Waals surface area contributed by atoms with Gasteiger partial charge in [0.25, 0.3) is 0 Å². The summed E-state index contributed by atoms with van der Waals surface area (Å²) in [6.07, 6.45) is 0.702. The van der Waals surface area contributed by atoms with Crippen LogP contribution in [0, 0.1) is 0 Å². The number of rotatable bonds is 4. The normalized spacial score (nSPS) is 18.0. The number of carbonyl (C=O) groups is 1. The van der Waals surface area contributed by atoms with Gasteiger partial charge in [0, 0.05) is 18.3 Å². The van der Waals surface area contributed by atoms with Gasteiger partial charge in [0.1, 0.15) is 12.4 Å². The van der Waals surface area contributed by atoms with Crippen LogP contribution in [0.5, 0.6) is 5.75 Å². The van der Waals surface area contributed by atoms with Crippen molar-refractivity contribution in [1.82, 2.24) is 0 Å². The van der Waals surface area contributed by atoms with E-state index in [1.807, 2.05) is 54.6 Å². The van der Waals surface area contributed by atoms with Crippen LogP contribution in [0.15, 0.2) is 54.6 Å². The number of anilines is 1. The Kier molecular flexibility index (Phi) is 3.88. The molecule has 2 N–H and O–H groups in total. The van der Waals surface area contributed by atoms with Gasteiger partial charge in [-0.05, 0) is 24.1 Å². The van der Waals surface area contributed by atoms with Crippen molar-refractivity contribution in [2.75, 3.05) is 11.4 Å². The summed E-state index contributed by atoms with van der Waals surface area (Å²) < 4.78 is 5.79. The fourth-order valence-corrected chi connectivity index (χ4v) is 2.44. The molecule has 108 valence electrons. The molecule has 4 nitrogen and oxygen atoms in total. The lowest BCUT2D eigenvalue weighted by atomic mass is 10.2. The molecule has 0 unspecified atom stereocenters. The number of amides is 1. The minimum absolute atomic E-state index is 0.0183. The molecule has 0 spiro atoms. The highest BCUT2D eigenvalue weighted by Crippen LogP contribution is 2.25. The standard InChI is InChI=1S/C17H18N2O2/c18-16-9-10-19(17(16)20)14-7-4-8-15(11-14)21-12-13-5-2-1-3-6-13/h1-8,11,16H,9-10,12,18H2/t16-/m1/s1. The van der Waals surface area contributed by atoms with Gasteiger partial charge in [0.15, 0.2) is 0 Å². The van der Waals surface area contributed by atoms with Crippen LogP contribution in [0.25, 0.3) is 0 Å². The van der Waals surface area contributed by atoms with Gasteiger partial charge in [-0.1, -0.05) is 36.4 Å². The number of carbonyl (C=O) groups excluding carboxylic acids is 1. The van der Waals surface area contributed by atoms with E-state index < -0.39 is 0 Å². The zero-order chi connectivity index (χ0) is 14.7. The summed E-state index contributed by atoms with van der Waals surface area (Å²) in [5.74, 6) is 0.736. The van der Waals surface area contributed by atoms with Crippen molar-refractivity contribution < 1.29 is 9.53 Å². The number of nitrogens with two attached hydrogens (primary N) is 1. The van der Waals surface area contributed by atoms with Crippen molar-refractivity contribution in [1.29, 1.82) is 0 Å². The second-order valence-electron chi connectivity index (χ2n) is 5.16. The van der Waals surface area contributed by atoms with E-state index in [4.69, 9.17) is 10.5 Å². The predicted molar refractivity (Wildman–Crippen MR) is 82.2 cm³/mol. The van der Waals surface area contributed by atoms with Crippen molar-refractivity contribution in [3.8, 4) is 5.75 Å². The second-order valence-corrected chi connectivity index (χ2v) is 5.16. The quantitative estimate of drug-likeness (QED) is 0.936. The van der Waals surface area contributed by atoms with E-state index in [2.05, 4.69) is 0 Å². The number of hydrogen-bond acceptors (Lipinski definition) is 3. The summed E-state index contributed by atoms with van der Waals surface area (Å²) in [5, 5.41) is 0. The lowest BCUT2D eigenvalue weighted by molar-refractivity contribution is -0.118. The molecule has 0 aliphatic carbocycles. The Morgan fingerprint density at radius 1 is 1.14 bits per heavy atom. The van der Waals surface area contributed by atoms with Crippen LogP contribution >= 0.6 is 0 Å². The van der Waals surface area contributed by atoms with Gasteiger partial charge in [-0.2, -0.15) is 0 Å². The molecule has 1 amide bonds. The Morgan fingerprint density at radius 3 is 2.67 bits per heavy atom. The van der Waals surface area contributed by atoms with E-state index in [9.17, 15) is 4.79 Å². The monoisotopic (exact) mass is 282 g/mol. The van der Waals surface area contributed by atoms with E-state index in [1.165, 1.54) is 0 Å². The lowest BCUT2D eigenvalue weighted by Gasteiger charge is -2.17. The molecule has 2 aromatic carbocycles. The Hall–Kier alpha value is -2.33. The Balaban J connectivity index is 1.70. The van der Waals surface area contributed by atoms with Crippen LogP contribution in [-0.2, 0) is 11.4 Å². The highest BCUT2D eigenvalue weighted by Gasteiger charge is 2.29. The molecule has 1 aliphatic heterocycles. The highest BCUT2D eigenvalue weighted by atomic mass is 16.5. The molecule has 1 atom stereocenters. The van der Waals surface area contributed by atoms with Gasteiger partial charge in [-0.25, -0.2) is 0 Å². The van der Waals surface area contributed by atoms with E-state index >= 15 is 0 Å². The molecule has 1 aliphatic rings. The summed E-state index contributed by atoms with van der Waals surface area (Å²) in [4.78, 5) is 13.7. The average molecular weight is 282 g/mol. The molecule has 1 saturated heterocycles. The zero-order valence-electron chi connectivity index (χ0n) is 11.7. The fourth-order valence-electron chi connectivity index (χ4n) is 2.44. The summed E-state index contributed by atoms with van der Waals surface area (Å²) in [6.45, 7) is 1.18. The molecule has 1 heterocycles. The molecule has 0 radical (unpaired) electrons. The maximum Gasteiger partial charge on any atom is 0.243 e. The molecule has 0 bridgehead atoms. The topological polar surface area (TPSA) is 55.6 Å². The Morgan fingerprint density at radius 2 is 1.95 bits per heavy atom. The van der Waals surface area contributed by atoms with Crippen molar-refractivity contribution in [3.05, 3.63) is 60.2 Å². The van der Waals surface area contributed by atoms with E-state index in [-0.39, 0.29) is 11.9 Å². The average Bonchev–Trinajstić information content (AvgIpc) is 2.86. The predicted octanol–water partition coefficient (Wildman–Crippen LogP) is 2.33. The third-order valence-electron chi connectivity index (χ3n) is 3.62. The molecule has 0 saturated carbocycles. The van der Waals surface area contributed by atoms with Crippen LogP contribution in [0.1, 0.15) is 12.0 Å². The Labute approximate surface area is 124 Å². The highest BCUT2D eigenvalue weighted by molar-refractivity contribution is 5.99. The minimum Gasteiger partial charge on any atom is -0.489 e. The van der Waals surface area contributed by atoms with Gasteiger partial charge < -0.3 is 15.4 Å². The molecule has 21 heavy (non-hydrogen) atoms. The van der Waals surface area contributed by atoms with Gasteiger partial charge in [0.2, 0.25) is 5.91 Å². The minimum atomic E-state index is -0.376. The first-order valence-corrected chi connectivity index (χ1v) is 7.08. The van der Waals surface area contributed by atoms with Crippen LogP contribution < -0.4 is 15.4 Å². The molecular formula is C17H18N2O2. The fraction of sp³-hybridized carbons (Fsp3) is 0.235. The van der Waals surface area contributed by atoms with Gasteiger partial charge in [0.05, 0.1) is 6.04 Å². The van der Waals surface area contributed by atoms with Crippen LogP contribution in [0.3, 0.4) is 0 Å². The first-order valence-electron chi connectivity index (χ1n) is 7.08. The van der Waals surface area contributed by atoms with Gasteiger partial charge in [-0.15, -0.1) is 0 Å². The van der Waals surface area contributed by atoms with Crippen molar-refractivity contribution in [3.63, 3.8) is 0 Å². The van der Waals surface area contributed by atoms with Crippen molar-refractivity contribution in [2.24, 2.45) is 5.73 Å². The number of benzene rings is 2. The smallest absolute Gasteiger partial charge is 0.243 e. The van der Waals surface area contributed by atoms with Gasteiger partial charge >= 0.3 is 0 Å². The first-order chi connectivity index (χ1) is 10.2. The number of hydrogen-bond donors (Lipinski definition) is 1.